The smallest absolute Gasteiger partial charge is 0.220 e. The Morgan fingerprint density at radius 3 is 2.67 bits per heavy atom. The lowest BCUT2D eigenvalue weighted by atomic mass is 10.1. The Morgan fingerprint density at radius 1 is 1.11 bits per heavy atom. The maximum absolute atomic E-state index is 12.9. The van der Waals surface area contributed by atoms with E-state index >= 15 is 0 Å². The Hall–Kier alpha value is -3.54. The van der Waals surface area contributed by atoms with Gasteiger partial charge in [0, 0.05) is 23.3 Å². The molecule has 0 aliphatic carbocycles. The first kappa shape index (κ1) is 16.9. The molecule has 0 fully saturated rings. The summed E-state index contributed by atoms with van der Waals surface area (Å²) in [5.41, 5.74) is 2.38. The van der Waals surface area contributed by atoms with Gasteiger partial charge in [0.2, 0.25) is 11.2 Å². The first-order valence-electron chi connectivity index (χ1n) is 8.55. The summed E-state index contributed by atoms with van der Waals surface area (Å²) in [6, 6.07) is 14.6. The van der Waals surface area contributed by atoms with Gasteiger partial charge in [-0.25, -0.2) is 0 Å². The quantitative estimate of drug-likeness (QED) is 0.523. The fraction of sp³-hybridized carbons (Fsp3) is 0.143. The molecule has 0 atom stereocenters. The highest BCUT2D eigenvalue weighted by Gasteiger charge is 2.20. The number of pyridine rings is 2. The van der Waals surface area contributed by atoms with E-state index in [4.69, 9.17) is 4.52 Å². The summed E-state index contributed by atoms with van der Waals surface area (Å²) in [4.78, 5) is 30.3. The van der Waals surface area contributed by atoms with Crippen LogP contribution in [-0.2, 0) is 6.54 Å². The minimum absolute atomic E-state index is 0.0645. The third kappa shape index (κ3) is 3.17. The largest absolute Gasteiger partial charge is 0.361 e. The van der Waals surface area contributed by atoms with Crippen molar-refractivity contribution in [3.05, 3.63) is 93.4 Å². The molecule has 0 spiro atoms. The summed E-state index contributed by atoms with van der Waals surface area (Å²) in [5, 5.41) is 4.24. The van der Waals surface area contributed by atoms with Gasteiger partial charge in [0.15, 0.2) is 5.69 Å². The van der Waals surface area contributed by atoms with Crippen molar-refractivity contribution >= 4 is 16.7 Å². The second kappa shape index (κ2) is 6.64. The van der Waals surface area contributed by atoms with Gasteiger partial charge in [-0.3, -0.25) is 14.6 Å². The van der Waals surface area contributed by atoms with E-state index in [1.165, 1.54) is 6.07 Å². The standard InChI is InChI=1S/C21H17N3O3/c1-13-6-5-7-15(22-13)11-24-12-17(21(26)18-10-14(2)27-23-18)20(25)16-8-3-4-9-19(16)24/h3-10,12H,11H2,1-2H3. The molecule has 0 saturated heterocycles. The SMILES string of the molecule is Cc1cccc(Cn2cc(C(=O)c3cc(C)on3)c(=O)c3ccccc32)n1. The number of nitrogens with zero attached hydrogens (tertiary/aromatic N) is 3. The fourth-order valence-corrected chi connectivity index (χ4v) is 3.11. The van der Waals surface area contributed by atoms with Crippen molar-refractivity contribution in [1.29, 1.82) is 0 Å². The molecule has 0 aliphatic rings. The van der Waals surface area contributed by atoms with Crippen LogP contribution in [0.2, 0.25) is 0 Å². The number of para-hydroxylation sites is 1. The number of ketones is 1. The van der Waals surface area contributed by atoms with E-state index in [1.807, 2.05) is 41.8 Å². The monoisotopic (exact) mass is 359 g/mol. The van der Waals surface area contributed by atoms with Crippen molar-refractivity contribution in [2.45, 2.75) is 20.4 Å². The van der Waals surface area contributed by atoms with E-state index in [-0.39, 0.29) is 16.7 Å². The lowest BCUT2D eigenvalue weighted by Gasteiger charge is -2.13. The van der Waals surface area contributed by atoms with Gasteiger partial charge in [0.1, 0.15) is 5.76 Å². The lowest BCUT2D eigenvalue weighted by Crippen LogP contribution is -2.20. The van der Waals surface area contributed by atoms with Crippen LogP contribution >= 0.6 is 0 Å². The van der Waals surface area contributed by atoms with Gasteiger partial charge >= 0.3 is 0 Å². The summed E-state index contributed by atoms with van der Waals surface area (Å²) < 4.78 is 6.86. The van der Waals surface area contributed by atoms with E-state index in [2.05, 4.69) is 10.1 Å². The molecular weight excluding hydrogens is 342 g/mol. The number of hydrogen-bond donors (Lipinski definition) is 0. The number of aryl methyl sites for hydroxylation is 2. The zero-order chi connectivity index (χ0) is 19.0. The van der Waals surface area contributed by atoms with Crippen molar-refractivity contribution < 1.29 is 9.32 Å². The van der Waals surface area contributed by atoms with Crippen molar-refractivity contribution in [2.75, 3.05) is 0 Å². The molecule has 0 bridgehead atoms. The van der Waals surface area contributed by atoms with Gasteiger partial charge < -0.3 is 9.09 Å². The molecule has 4 rings (SSSR count). The predicted molar refractivity (Wildman–Crippen MR) is 101 cm³/mol. The highest BCUT2D eigenvalue weighted by molar-refractivity contribution is 6.08. The number of rotatable bonds is 4. The topological polar surface area (TPSA) is 78.0 Å². The second-order valence-corrected chi connectivity index (χ2v) is 6.44. The molecule has 0 amide bonds. The Kier molecular flexibility index (Phi) is 4.16. The molecule has 0 N–H and O–H groups in total. The zero-order valence-electron chi connectivity index (χ0n) is 15.0. The molecule has 134 valence electrons. The Bertz CT molecular complexity index is 1220. The zero-order valence-corrected chi connectivity index (χ0v) is 15.0. The average molecular weight is 359 g/mol. The van der Waals surface area contributed by atoms with Crippen LogP contribution in [0.3, 0.4) is 0 Å². The van der Waals surface area contributed by atoms with Crippen LogP contribution in [0.15, 0.2) is 64.0 Å². The number of benzene rings is 1. The van der Waals surface area contributed by atoms with Crippen molar-refractivity contribution in [3.63, 3.8) is 0 Å². The van der Waals surface area contributed by atoms with Crippen LogP contribution in [-0.4, -0.2) is 20.5 Å². The molecule has 6 nitrogen and oxygen atoms in total. The van der Waals surface area contributed by atoms with E-state index < -0.39 is 5.78 Å². The van der Waals surface area contributed by atoms with Crippen molar-refractivity contribution in [1.82, 2.24) is 14.7 Å². The Balaban J connectivity index is 1.89. The number of carbonyl (C=O) groups is 1. The predicted octanol–water partition coefficient (Wildman–Crippen LogP) is 3.28. The van der Waals surface area contributed by atoms with Crippen molar-refractivity contribution in [3.8, 4) is 0 Å². The van der Waals surface area contributed by atoms with Gasteiger partial charge in [0.05, 0.1) is 23.3 Å². The maximum Gasteiger partial charge on any atom is 0.220 e. The van der Waals surface area contributed by atoms with Crippen LogP contribution < -0.4 is 5.43 Å². The summed E-state index contributed by atoms with van der Waals surface area (Å²) >= 11 is 0. The Labute approximate surface area is 155 Å². The van der Waals surface area contributed by atoms with Crippen LogP contribution in [0.4, 0.5) is 0 Å². The molecule has 1 aromatic carbocycles. The maximum atomic E-state index is 12.9. The van der Waals surface area contributed by atoms with E-state index in [0.717, 1.165) is 16.9 Å². The summed E-state index contributed by atoms with van der Waals surface area (Å²) in [6.07, 6.45) is 1.58. The minimum Gasteiger partial charge on any atom is -0.361 e. The third-order valence-electron chi connectivity index (χ3n) is 4.37. The molecule has 27 heavy (non-hydrogen) atoms. The first-order chi connectivity index (χ1) is 13.0. The van der Waals surface area contributed by atoms with Crippen molar-refractivity contribution in [2.24, 2.45) is 0 Å². The number of fused-ring (bicyclic) bond motifs is 1. The lowest BCUT2D eigenvalue weighted by molar-refractivity contribution is 0.102. The number of aromatic nitrogens is 3. The molecule has 3 aromatic heterocycles. The molecule has 0 aliphatic heterocycles. The van der Waals surface area contributed by atoms with Gasteiger partial charge in [-0.05, 0) is 38.1 Å². The molecule has 0 saturated carbocycles. The Morgan fingerprint density at radius 2 is 1.93 bits per heavy atom. The van der Waals surface area contributed by atoms with E-state index in [9.17, 15) is 9.59 Å². The van der Waals surface area contributed by atoms with Crippen LogP contribution in [0, 0.1) is 13.8 Å². The molecule has 0 unspecified atom stereocenters. The number of hydrogen-bond acceptors (Lipinski definition) is 5. The van der Waals surface area contributed by atoms with E-state index in [0.29, 0.717) is 17.7 Å². The number of carbonyl (C=O) groups excluding carboxylic acids is 1. The first-order valence-corrected chi connectivity index (χ1v) is 8.55. The summed E-state index contributed by atoms with van der Waals surface area (Å²) in [5.74, 6) is 0.0666. The van der Waals surface area contributed by atoms with Crippen LogP contribution in [0.5, 0.6) is 0 Å². The summed E-state index contributed by atoms with van der Waals surface area (Å²) in [7, 11) is 0. The van der Waals surface area contributed by atoms with Crippen LogP contribution in [0.1, 0.15) is 33.2 Å². The third-order valence-corrected chi connectivity index (χ3v) is 4.37. The van der Waals surface area contributed by atoms with Crippen LogP contribution in [0.25, 0.3) is 10.9 Å². The molecular formula is C21H17N3O3. The van der Waals surface area contributed by atoms with Gasteiger partial charge in [-0.15, -0.1) is 0 Å². The second-order valence-electron chi connectivity index (χ2n) is 6.44. The molecule has 4 aromatic rings. The molecule has 6 heteroatoms. The van der Waals surface area contributed by atoms with Gasteiger partial charge in [-0.1, -0.05) is 23.4 Å². The molecule has 3 heterocycles. The highest BCUT2D eigenvalue weighted by Crippen LogP contribution is 2.16. The molecule has 0 radical (unpaired) electrons. The van der Waals surface area contributed by atoms with Gasteiger partial charge in [-0.2, -0.15) is 0 Å². The minimum atomic E-state index is -0.450. The summed E-state index contributed by atoms with van der Waals surface area (Å²) in [6.45, 7) is 4.07. The average Bonchev–Trinajstić information content (AvgIpc) is 3.10. The highest BCUT2D eigenvalue weighted by atomic mass is 16.5. The fourth-order valence-electron chi connectivity index (χ4n) is 3.11. The normalized spacial score (nSPS) is 11.0. The van der Waals surface area contributed by atoms with E-state index in [1.54, 1.807) is 25.3 Å². The van der Waals surface area contributed by atoms with Gasteiger partial charge in [0.25, 0.3) is 0 Å².